The van der Waals surface area contributed by atoms with Crippen LogP contribution in [0.5, 0.6) is 0 Å². The largest absolute Gasteiger partial charge is 0.320 e. The Labute approximate surface area is 132 Å². The van der Waals surface area contributed by atoms with Crippen LogP contribution in [0.25, 0.3) is 6.08 Å². The van der Waals surface area contributed by atoms with E-state index in [0.29, 0.717) is 21.8 Å². The minimum atomic E-state index is -0.542. The molecule has 2 aromatic rings. The molecule has 4 nitrogen and oxygen atoms in total. The van der Waals surface area contributed by atoms with E-state index in [1.165, 1.54) is 6.08 Å². The monoisotopic (exact) mass is 307 g/mol. The second-order valence-corrected chi connectivity index (χ2v) is 4.74. The minimum absolute atomic E-state index is 0.0513. The van der Waals surface area contributed by atoms with Gasteiger partial charge in [-0.2, -0.15) is 10.5 Å². The maximum atomic E-state index is 12.1. The fourth-order valence-electron chi connectivity index (χ4n) is 1.72. The molecule has 22 heavy (non-hydrogen) atoms. The Morgan fingerprint density at radius 1 is 1.09 bits per heavy atom. The molecule has 2 aromatic carbocycles. The van der Waals surface area contributed by atoms with Crippen molar-refractivity contribution in [2.45, 2.75) is 0 Å². The molecule has 0 fully saturated rings. The van der Waals surface area contributed by atoms with E-state index in [0.717, 1.165) is 0 Å². The number of halogens is 1. The predicted octanol–water partition coefficient (Wildman–Crippen LogP) is 3.76. The van der Waals surface area contributed by atoms with E-state index in [9.17, 15) is 4.79 Å². The summed E-state index contributed by atoms with van der Waals surface area (Å²) in [6.07, 6.45) is 1.45. The van der Waals surface area contributed by atoms with E-state index in [4.69, 9.17) is 22.1 Å². The molecule has 0 unspecified atom stereocenters. The van der Waals surface area contributed by atoms with Crippen molar-refractivity contribution in [2.24, 2.45) is 0 Å². The summed E-state index contributed by atoms with van der Waals surface area (Å²) in [7, 11) is 0. The summed E-state index contributed by atoms with van der Waals surface area (Å²) < 4.78 is 0. The number of benzene rings is 2. The average molecular weight is 308 g/mol. The number of nitrogens with one attached hydrogen (secondary N) is 1. The van der Waals surface area contributed by atoms with E-state index in [1.807, 2.05) is 12.1 Å². The lowest BCUT2D eigenvalue weighted by atomic mass is 10.1. The van der Waals surface area contributed by atoms with E-state index in [-0.39, 0.29) is 5.57 Å². The molecular weight excluding hydrogens is 298 g/mol. The number of nitrogens with zero attached hydrogens (tertiary/aromatic N) is 2. The van der Waals surface area contributed by atoms with Gasteiger partial charge in [0.1, 0.15) is 11.6 Å². The van der Waals surface area contributed by atoms with Crippen LogP contribution in [0.15, 0.2) is 54.1 Å². The first-order chi connectivity index (χ1) is 10.6. The highest BCUT2D eigenvalue weighted by atomic mass is 35.5. The molecule has 5 heteroatoms. The molecular formula is C17H10ClN3O. The fourth-order valence-corrected chi connectivity index (χ4v) is 1.90. The lowest BCUT2D eigenvalue weighted by molar-refractivity contribution is -0.112. The first kappa shape index (κ1) is 15.3. The van der Waals surface area contributed by atoms with E-state index < -0.39 is 5.91 Å². The van der Waals surface area contributed by atoms with Crippen LogP contribution in [0.2, 0.25) is 5.02 Å². The number of hydrogen-bond acceptors (Lipinski definition) is 3. The lowest BCUT2D eigenvalue weighted by Gasteiger charge is -2.06. The molecule has 2 rings (SSSR count). The first-order valence-corrected chi connectivity index (χ1v) is 6.69. The van der Waals surface area contributed by atoms with Crippen LogP contribution in [0.4, 0.5) is 5.69 Å². The molecule has 106 valence electrons. The second kappa shape index (κ2) is 7.08. The molecule has 0 aliphatic rings. The normalized spacial score (nSPS) is 10.4. The van der Waals surface area contributed by atoms with Crippen molar-refractivity contribution in [3.05, 3.63) is 70.3 Å². The topological polar surface area (TPSA) is 76.7 Å². The Morgan fingerprint density at radius 2 is 1.77 bits per heavy atom. The highest BCUT2D eigenvalue weighted by Gasteiger charge is 2.11. The van der Waals surface area contributed by atoms with Gasteiger partial charge in [-0.15, -0.1) is 0 Å². The van der Waals surface area contributed by atoms with Crippen molar-refractivity contribution < 1.29 is 4.79 Å². The molecule has 0 aliphatic heterocycles. The number of amides is 1. The van der Waals surface area contributed by atoms with Gasteiger partial charge in [-0.3, -0.25) is 4.79 Å². The molecule has 0 saturated heterocycles. The third kappa shape index (κ3) is 3.73. The van der Waals surface area contributed by atoms with Gasteiger partial charge in [0, 0.05) is 0 Å². The molecule has 0 radical (unpaired) electrons. The Kier molecular flexibility index (Phi) is 4.93. The Bertz CT molecular complexity index is 811. The van der Waals surface area contributed by atoms with Crippen molar-refractivity contribution >= 4 is 29.3 Å². The molecule has 0 aliphatic carbocycles. The Hall–Kier alpha value is -3.08. The van der Waals surface area contributed by atoms with Crippen molar-refractivity contribution in [1.82, 2.24) is 0 Å². The average Bonchev–Trinajstić information content (AvgIpc) is 2.55. The summed E-state index contributed by atoms with van der Waals surface area (Å²) in [4.78, 5) is 12.1. The van der Waals surface area contributed by atoms with Crippen LogP contribution in [0.1, 0.15) is 11.1 Å². The van der Waals surface area contributed by atoms with Crippen LogP contribution >= 0.6 is 11.6 Å². The van der Waals surface area contributed by atoms with Crippen LogP contribution in [-0.4, -0.2) is 5.91 Å². The summed E-state index contributed by atoms with van der Waals surface area (Å²) in [6.45, 7) is 0. The fraction of sp³-hybridized carbons (Fsp3) is 0. The van der Waals surface area contributed by atoms with Crippen molar-refractivity contribution in [3.8, 4) is 12.1 Å². The van der Waals surface area contributed by atoms with Gasteiger partial charge < -0.3 is 5.32 Å². The SMILES string of the molecule is N#C/C(=C\c1ccc(C#N)cc1)C(=O)Nc1ccccc1Cl. The zero-order chi connectivity index (χ0) is 15.9. The Balaban J connectivity index is 2.22. The van der Waals surface area contributed by atoms with Gasteiger partial charge in [0.05, 0.1) is 22.3 Å². The third-order valence-corrected chi connectivity index (χ3v) is 3.17. The molecule has 0 atom stereocenters. The third-order valence-electron chi connectivity index (χ3n) is 2.84. The second-order valence-electron chi connectivity index (χ2n) is 4.34. The first-order valence-electron chi connectivity index (χ1n) is 6.32. The lowest BCUT2D eigenvalue weighted by Crippen LogP contribution is -2.13. The standard InChI is InChI=1S/C17H10ClN3O/c18-15-3-1-2-4-16(15)21-17(22)14(11-20)9-12-5-7-13(10-19)8-6-12/h1-9H,(H,21,22)/b14-9+. The molecule has 1 amide bonds. The van der Waals surface area contributed by atoms with Gasteiger partial charge in [0.25, 0.3) is 5.91 Å². The quantitative estimate of drug-likeness (QED) is 0.693. The van der Waals surface area contributed by atoms with Crippen LogP contribution in [0, 0.1) is 22.7 Å². The Morgan fingerprint density at radius 3 is 2.36 bits per heavy atom. The van der Waals surface area contributed by atoms with E-state index in [2.05, 4.69) is 5.32 Å². The zero-order valence-corrected chi connectivity index (χ0v) is 12.1. The van der Waals surface area contributed by atoms with Gasteiger partial charge in [-0.1, -0.05) is 35.9 Å². The maximum Gasteiger partial charge on any atom is 0.266 e. The zero-order valence-electron chi connectivity index (χ0n) is 11.4. The predicted molar refractivity (Wildman–Crippen MR) is 84.8 cm³/mol. The number of nitriles is 2. The molecule has 0 spiro atoms. The molecule has 0 saturated carbocycles. The summed E-state index contributed by atoms with van der Waals surface area (Å²) in [6, 6.07) is 17.2. The molecule has 0 heterocycles. The maximum absolute atomic E-state index is 12.1. The van der Waals surface area contributed by atoms with Gasteiger partial charge in [-0.25, -0.2) is 0 Å². The summed E-state index contributed by atoms with van der Waals surface area (Å²) in [5.41, 5.74) is 1.56. The van der Waals surface area contributed by atoms with Gasteiger partial charge in [-0.05, 0) is 35.9 Å². The number of anilines is 1. The molecule has 1 N–H and O–H groups in total. The van der Waals surface area contributed by atoms with Crippen LogP contribution < -0.4 is 5.32 Å². The summed E-state index contributed by atoms with van der Waals surface area (Å²) in [5, 5.41) is 20.9. The number of para-hydroxylation sites is 1. The summed E-state index contributed by atoms with van der Waals surface area (Å²) in [5.74, 6) is -0.542. The highest BCUT2D eigenvalue weighted by molar-refractivity contribution is 6.34. The number of carbonyl (C=O) groups is 1. The van der Waals surface area contributed by atoms with Crippen molar-refractivity contribution in [1.29, 1.82) is 10.5 Å². The molecule has 0 bridgehead atoms. The number of rotatable bonds is 3. The minimum Gasteiger partial charge on any atom is -0.320 e. The summed E-state index contributed by atoms with van der Waals surface area (Å²) >= 11 is 5.96. The van der Waals surface area contributed by atoms with Gasteiger partial charge in [0.15, 0.2) is 0 Å². The van der Waals surface area contributed by atoms with Crippen molar-refractivity contribution in [3.63, 3.8) is 0 Å². The van der Waals surface area contributed by atoms with E-state index in [1.54, 1.807) is 48.5 Å². The van der Waals surface area contributed by atoms with E-state index >= 15 is 0 Å². The van der Waals surface area contributed by atoms with Gasteiger partial charge in [0.2, 0.25) is 0 Å². The number of hydrogen-bond donors (Lipinski definition) is 1. The highest BCUT2D eigenvalue weighted by Crippen LogP contribution is 2.21. The van der Waals surface area contributed by atoms with Gasteiger partial charge >= 0.3 is 0 Å². The molecule has 0 aromatic heterocycles. The van der Waals surface area contributed by atoms with Crippen LogP contribution in [-0.2, 0) is 4.79 Å². The van der Waals surface area contributed by atoms with Crippen LogP contribution in [0.3, 0.4) is 0 Å². The smallest absolute Gasteiger partial charge is 0.266 e. The number of carbonyl (C=O) groups excluding carboxylic acids is 1. The van der Waals surface area contributed by atoms with Crippen molar-refractivity contribution in [2.75, 3.05) is 5.32 Å².